The summed E-state index contributed by atoms with van der Waals surface area (Å²) >= 11 is 0. The lowest BCUT2D eigenvalue weighted by Gasteiger charge is -2.32. The monoisotopic (exact) mass is 352 g/mol. The lowest BCUT2D eigenvalue weighted by molar-refractivity contribution is -0.137. The smallest absolute Gasteiger partial charge is 0.399 e. The van der Waals surface area contributed by atoms with Gasteiger partial charge in [0, 0.05) is 11.7 Å². The van der Waals surface area contributed by atoms with Gasteiger partial charge in [0.15, 0.2) is 0 Å². The van der Waals surface area contributed by atoms with Crippen molar-refractivity contribution >= 4 is 12.6 Å². The molecule has 8 heteroatoms. The maximum atomic E-state index is 13.3. The van der Waals surface area contributed by atoms with Crippen LogP contribution < -0.4 is 5.46 Å². The minimum absolute atomic E-state index is 0.0270. The third-order valence-corrected chi connectivity index (χ3v) is 4.90. The van der Waals surface area contributed by atoms with Gasteiger partial charge in [-0.05, 0) is 46.8 Å². The van der Waals surface area contributed by atoms with Crippen molar-refractivity contribution in [3.8, 4) is 5.69 Å². The molecule has 2 aromatic rings. The molecule has 0 aliphatic carbocycles. The van der Waals surface area contributed by atoms with Crippen LogP contribution in [0.1, 0.15) is 39.0 Å². The lowest BCUT2D eigenvalue weighted by Crippen LogP contribution is -2.41. The van der Waals surface area contributed by atoms with Crippen LogP contribution in [0, 0.1) is 6.92 Å². The molecule has 1 aliphatic rings. The van der Waals surface area contributed by atoms with E-state index in [4.69, 9.17) is 9.31 Å². The van der Waals surface area contributed by atoms with Crippen molar-refractivity contribution < 1.29 is 22.5 Å². The topological polar surface area (TPSA) is 36.3 Å². The molecule has 1 fully saturated rings. The molecule has 1 aliphatic heterocycles. The molecule has 0 atom stereocenters. The fourth-order valence-electron chi connectivity index (χ4n) is 2.71. The van der Waals surface area contributed by atoms with Crippen LogP contribution in [0.4, 0.5) is 13.2 Å². The van der Waals surface area contributed by atoms with E-state index in [0.717, 1.165) is 6.07 Å². The highest BCUT2D eigenvalue weighted by molar-refractivity contribution is 6.62. The number of hydrogen-bond acceptors (Lipinski definition) is 3. The standard InChI is InChI=1S/C17H20BF3N2O2/c1-11-13(18-24-15(2,3)16(4,5)25-18)10-23(22-11)14-9-7-6-8-12(14)17(19,20)21/h6-10H,1-5H3. The summed E-state index contributed by atoms with van der Waals surface area (Å²) in [6, 6.07) is 5.35. The summed E-state index contributed by atoms with van der Waals surface area (Å²) in [5, 5.41) is 4.25. The number of hydrogen-bond donors (Lipinski definition) is 0. The first-order chi connectivity index (χ1) is 11.4. The fourth-order valence-corrected chi connectivity index (χ4v) is 2.71. The van der Waals surface area contributed by atoms with Gasteiger partial charge in [0.05, 0.1) is 28.1 Å². The van der Waals surface area contributed by atoms with Crippen molar-refractivity contribution in [1.82, 2.24) is 9.78 Å². The van der Waals surface area contributed by atoms with E-state index in [0.29, 0.717) is 11.2 Å². The number of alkyl halides is 3. The van der Waals surface area contributed by atoms with Crippen LogP contribution in [0.3, 0.4) is 0 Å². The number of halogens is 3. The molecule has 1 saturated heterocycles. The summed E-state index contributed by atoms with van der Waals surface area (Å²) in [4.78, 5) is 0. The van der Waals surface area contributed by atoms with Crippen LogP contribution in [0.2, 0.25) is 0 Å². The number of nitrogens with zero attached hydrogens (tertiary/aromatic N) is 2. The molecule has 0 bridgehead atoms. The summed E-state index contributed by atoms with van der Waals surface area (Å²) in [7, 11) is -0.670. The zero-order chi connectivity index (χ0) is 18.6. The Bertz CT molecular complexity index is 783. The molecule has 0 spiro atoms. The van der Waals surface area contributed by atoms with Crippen LogP contribution in [0.5, 0.6) is 0 Å². The molecule has 25 heavy (non-hydrogen) atoms. The van der Waals surface area contributed by atoms with E-state index in [2.05, 4.69) is 5.10 Å². The van der Waals surface area contributed by atoms with Gasteiger partial charge < -0.3 is 9.31 Å². The predicted octanol–water partition coefficient (Wildman–Crippen LogP) is 3.50. The molecule has 0 N–H and O–H groups in total. The first-order valence-electron chi connectivity index (χ1n) is 8.01. The Kier molecular flexibility index (Phi) is 4.04. The summed E-state index contributed by atoms with van der Waals surface area (Å²) in [5.41, 5.74) is -0.642. The summed E-state index contributed by atoms with van der Waals surface area (Å²) in [5.74, 6) is 0. The zero-order valence-corrected chi connectivity index (χ0v) is 14.8. The number of rotatable bonds is 2. The number of para-hydroxylation sites is 1. The highest BCUT2D eigenvalue weighted by Crippen LogP contribution is 2.37. The fraction of sp³-hybridized carbons (Fsp3) is 0.471. The lowest BCUT2D eigenvalue weighted by atomic mass is 9.79. The van der Waals surface area contributed by atoms with E-state index < -0.39 is 30.1 Å². The molecule has 0 unspecified atom stereocenters. The van der Waals surface area contributed by atoms with Gasteiger partial charge in [-0.25, -0.2) is 4.68 Å². The van der Waals surface area contributed by atoms with Gasteiger partial charge in [-0.15, -0.1) is 0 Å². The Hall–Kier alpha value is -1.80. The average Bonchev–Trinajstić information content (AvgIpc) is 2.96. The number of aromatic nitrogens is 2. The van der Waals surface area contributed by atoms with Gasteiger partial charge in [-0.2, -0.15) is 18.3 Å². The Morgan fingerprint density at radius 2 is 1.60 bits per heavy atom. The van der Waals surface area contributed by atoms with Crippen LogP contribution in [0.15, 0.2) is 30.5 Å². The van der Waals surface area contributed by atoms with Gasteiger partial charge in [-0.3, -0.25) is 0 Å². The van der Waals surface area contributed by atoms with Crippen LogP contribution in [0.25, 0.3) is 5.69 Å². The van der Waals surface area contributed by atoms with Crippen LogP contribution in [-0.4, -0.2) is 28.1 Å². The second kappa shape index (κ2) is 5.61. The van der Waals surface area contributed by atoms with Crippen molar-refractivity contribution in [2.45, 2.75) is 52.0 Å². The molecular formula is C17H20BF3N2O2. The van der Waals surface area contributed by atoms with Crippen LogP contribution >= 0.6 is 0 Å². The number of aryl methyl sites for hydroxylation is 1. The molecule has 3 rings (SSSR count). The van der Waals surface area contributed by atoms with Crippen molar-refractivity contribution in [2.75, 3.05) is 0 Å². The van der Waals surface area contributed by atoms with Gasteiger partial charge >= 0.3 is 13.3 Å². The van der Waals surface area contributed by atoms with Gasteiger partial charge in [0.25, 0.3) is 0 Å². The van der Waals surface area contributed by atoms with E-state index in [1.165, 1.54) is 16.8 Å². The van der Waals surface area contributed by atoms with Crippen molar-refractivity contribution in [2.24, 2.45) is 0 Å². The second-order valence-electron chi connectivity index (χ2n) is 7.22. The van der Waals surface area contributed by atoms with E-state index in [1.807, 2.05) is 27.7 Å². The predicted molar refractivity (Wildman–Crippen MR) is 89.0 cm³/mol. The minimum Gasteiger partial charge on any atom is -0.399 e. The first-order valence-corrected chi connectivity index (χ1v) is 8.01. The maximum Gasteiger partial charge on any atom is 0.498 e. The Balaban J connectivity index is 2.01. The molecule has 2 heterocycles. The molecule has 0 amide bonds. The molecule has 4 nitrogen and oxygen atoms in total. The van der Waals surface area contributed by atoms with E-state index in [9.17, 15) is 13.2 Å². The first kappa shape index (κ1) is 18.0. The van der Waals surface area contributed by atoms with Gasteiger partial charge in [-0.1, -0.05) is 12.1 Å². The second-order valence-corrected chi connectivity index (χ2v) is 7.22. The van der Waals surface area contributed by atoms with Crippen molar-refractivity contribution in [3.63, 3.8) is 0 Å². The molecule has 0 saturated carbocycles. The zero-order valence-electron chi connectivity index (χ0n) is 14.8. The molecule has 134 valence electrons. The normalized spacial score (nSPS) is 19.4. The quantitative estimate of drug-likeness (QED) is 0.777. The highest BCUT2D eigenvalue weighted by Gasteiger charge is 2.52. The average molecular weight is 352 g/mol. The summed E-state index contributed by atoms with van der Waals surface area (Å²) in [6.45, 7) is 9.42. The van der Waals surface area contributed by atoms with E-state index in [-0.39, 0.29) is 5.69 Å². The summed E-state index contributed by atoms with van der Waals surface area (Å²) in [6.07, 6.45) is -2.91. The Morgan fingerprint density at radius 1 is 1.04 bits per heavy atom. The maximum absolute atomic E-state index is 13.3. The third kappa shape index (κ3) is 3.09. The largest absolute Gasteiger partial charge is 0.498 e. The van der Waals surface area contributed by atoms with Crippen LogP contribution in [-0.2, 0) is 15.5 Å². The molecule has 1 aromatic carbocycles. The SMILES string of the molecule is Cc1nn(-c2ccccc2C(F)(F)F)cc1B1OC(C)(C)C(C)(C)O1. The summed E-state index contributed by atoms with van der Waals surface area (Å²) < 4.78 is 53.0. The Labute approximate surface area is 145 Å². The molecule has 1 aromatic heterocycles. The highest BCUT2D eigenvalue weighted by atomic mass is 19.4. The molecular weight excluding hydrogens is 332 g/mol. The van der Waals surface area contributed by atoms with Gasteiger partial charge in [0.2, 0.25) is 0 Å². The van der Waals surface area contributed by atoms with Gasteiger partial charge in [0.1, 0.15) is 0 Å². The van der Waals surface area contributed by atoms with Crippen molar-refractivity contribution in [3.05, 3.63) is 41.7 Å². The minimum atomic E-state index is -4.46. The third-order valence-electron chi connectivity index (χ3n) is 4.90. The van der Waals surface area contributed by atoms with E-state index >= 15 is 0 Å². The van der Waals surface area contributed by atoms with E-state index in [1.54, 1.807) is 19.2 Å². The Morgan fingerprint density at radius 3 is 2.16 bits per heavy atom. The molecule has 0 radical (unpaired) electrons. The number of benzene rings is 1. The van der Waals surface area contributed by atoms with Crippen molar-refractivity contribution in [1.29, 1.82) is 0 Å².